The summed E-state index contributed by atoms with van der Waals surface area (Å²) >= 11 is 6.28. The second kappa shape index (κ2) is 4.76. The molecular weight excluding hydrogens is 260 g/mol. The van der Waals surface area contributed by atoms with Crippen molar-refractivity contribution < 1.29 is 8.42 Å². The summed E-state index contributed by atoms with van der Waals surface area (Å²) in [4.78, 5) is 0.0589. The lowest BCUT2D eigenvalue weighted by molar-refractivity contribution is 0.614. The highest BCUT2D eigenvalue weighted by Gasteiger charge is 2.00. The maximum Gasteiger partial charge on any atom is 0.141 e. The molecule has 0 aromatic carbocycles. The molecule has 0 amide bonds. The van der Waals surface area contributed by atoms with Crippen LogP contribution in [0.15, 0.2) is 0 Å². The van der Waals surface area contributed by atoms with Gasteiger partial charge in [-0.25, -0.2) is 8.42 Å². The van der Waals surface area contributed by atoms with Crippen LogP contribution < -0.4 is 0 Å². The lowest BCUT2D eigenvalue weighted by Gasteiger charge is -1.95. The molecule has 0 spiro atoms. The number of hydrogen-bond donors (Lipinski definition) is 1. The van der Waals surface area contributed by atoms with Crippen LogP contribution in [0.5, 0.6) is 0 Å². The Morgan fingerprint density at radius 1 is 1.50 bits per heavy atom. The zero-order valence-electron chi connectivity index (χ0n) is 4.01. The van der Waals surface area contributed by atoms with Crippen molar-refractivity contribution in [3.8, 4) is 0 Å². The fourth-order valence-corrected chi connectivity index (χ4v) is 1.96. The number of alkyl halides is 2. The predicted molar refractivity (Wildman–Crippen MR) is 41.7 cm³/mol. The predicted octanol–water partition coefficient (Wildman–Crippen LogP) is 0.756. The summed E-state index contributed by atoms with van der Waals surface area (Å²) in [6.45, 7) is 0. The Hall–Kier alpha value is 0.910. The third-order valence-electron chi connectivity index (χ3n) is 0.515. The van der Waals surface area contributed by atoms with Crippen LogP contribution in [0, 0.1) is 0 Å². The van der Waals surface area contributed by atoms with Crippen molar-refractivity contribution in [3.05, 3.63) is 0 Å². The Labute approximate surface area is 66.9 Å². The zero-order chi connectivity index (χ0) is 6.57. The zero-order valence-corrected chi connectivity index (χ0v) is 8.08. The van der Waals surface area contributed by atoms with Gasteiger partial charge in [0.15, 0.2) is 0 Å². The Morgan fingerprint density at radius 3 is 2.12 bits per heavy atom. The van der Waals surface area contributed by atoms with Crippen molar-refractivity contribution in [3.63, 3.8) is 0 Å². The number of thiol groups is 1. The molecule has 8 heavy (non-hydrogen) atoms. The monoisotopic (exact) mass is 264 g/mol. The molecule has 1 atom stereocenters. The van der Waals surface area contributed by atoms with Crippen molar-refractivity contribution in [1.82, 2.24) is 0 Å². The molecular formula is C3H6Br2O2S. The summed E-state index contributed by atoms with van der Waals surface area (Å²) in [5, 5.41) is 0.677. The van der Waals surface area contributed by atoms with Crippen molar-refractivity contribution >= 4 is 42.6 Å². The molecule has 0 aliphatic heterocycles. The van der Waals surface area contributed by atoms with Gasteiger partial charge in [0.2, 0.25) is 0 Å². The maximum absolute atomic E-state index is 9.95. The molecule has 0 radical (unpaired) electrons. The van der Waals surface area contributed by atoms with E-state index in [0.717, 1.165) is 0 Å². The van der Waals surface area contributed by atoms with E-state index in [4.69, 9.17) is 0 Å². The van der Waals surface area contributed by atoms with E-state index in [0.29, 0.717) is 5.33 Å². The van der Waals surface area contributed by atoms with Gasteiger partial charge in [-0.1, -0.05) is 31.9 Å². The van der Waals surface area contributed by atoms with Gasteiger partial charge in [0, 0.05) is 10.2 Å². The van der Waals surface area contributed by atoms with Crippen molar-refractivity contribution in [2.75, 3.05) is 11.1 Å². The quantitative estimate of drug-likeness (QED) is 0.604. The largest absolute Gasteiger partial charge is 0.232 e. The maximum atomic E-state index is 9.95. The van der Waals surface area contributed by atoms with Crippen LogP contribution in [0.25, 0.3) is 0 Å². The second-order valence-electron chi connectivity index (χ2n) is 1.27. The van der Waals surface area contributed by atoms with Crippen LogP contribution in [-0.2, 0) is 10.7 Å². The van der Waals surface area contributed by atoms with E-state index >= 15 is 0 Å². The van der Waals surface area contributed by atoms with E-state index in [1.165, 1.54) is 0 Å². The van der Waals surface area contributed by atoms with Crippen LogP contribution in [0.2, 0.25) is 0 Å². The molecule has 2 nitrogen and oxygen atoms in total. The normalized spacial score (nSPS) is 14.4. The minimum atomic E-state index is -2.22. The average molecular weight is 266 g/mol. The first kappa shape index (κ1) is 8.91. The Morgan fingerprint density at radius 2 is 2.00 bits per heavy atom. The Kier molecular flexibility index (Phi) is 5.30. The summed E-state index contributed by atoms with van der Waals surface area (Å²) < 4.78 is 19.9. The standard InChI is InChI=1S/C3H6Br2O2S/c4-1-3(5)2-8(6)7/h3,8H,1-2H2. The highest BCUT2D eigenvalue weighted by Crippen LogP contribution is 2.02. The fourth-order valence-electron chi connectivity index (χ4n) is 0.211. The van der Waals surface area contributed by atoms with E-state index in [1.54, 1.807) is 0 Å². The topological polar surface area (TPSA) is 34.1 Å². The molecule has 0 rings (SSSR count). The van der Waals surface area contributed by atoms with E-state index in [2.05, 4.69) is 31.9 Å². The molecule has 0 heterocycles. The molecule has 1 unspecified atom stereocenters. The minimum absolute atomic E-state index is 0.0589. The summed E-state index contributed by atoms with van der Waals surface area (Å²) in [6, 6.07) is 0. The third kappa shape index (κ3) is 5.05. The second-order valence-corrected chi connectivity index (χ2v) is 4.24. The molecule has 0 aromatic rings. The minimum Gasteiger partial charge on any atom is -0.232 e. The highest BCUT2D eigenvalue weighted by atomic mass is 79.9. The lowest BCUT2D eigenvalue weighted by atomic mass is 10.6. The fraction of sp³-hybridized carbons (Fsp3) is 1.00. The van der Waals surface area contributed by atoms with Crippen molar-refractivity contribution in [2.45, 2.75) is 4.83 Å². The summed E-state index contributed by atoms with van der Waals surface area (Å²) in [5.41, 5.74) is 0. The van der Waals surface area contributed by atoms with Crippen molar-refractivity contribution in [1.29, 1.82) is 0 Å². The van der Waals surface area contributed by atoms with Crippen LogP contribution in [0.4, 0.5) is 0 Å². The van der Waals surface area contributed by atoms with Gasteiger partial charge in [-0.05, 0) is 0 Å². The number of rotatable bonds is 3. The van der Waals surface area contributed by atoms with E-state index in [-0.39, 0.29) is 10.6 Å². The molecule has 5 heteroatoms. The molecule has 0 fully saturated rings. The SMILES string of the molecule is O=[SH](=O)CC(Br)CBr. The van der Waals surface area contributed by atoms with Gasteiger partial charge in [0.1, 0.15) is 10.7 Å². The van der Waals surface area contributed by atoms with Gasteiger partial charge < -0.3 is 0 Å². The molecule has 0 saturated carbocycles. The highest BCUT2D eigenvalue weighted by molar-refractivity contribution is 9.12. The Balaban J connectivity index is 3.39. The average Bonchev–Trinajstić information content (AvgIpc) is 1.65. The summed E-state index contributed by atoms with van der Waals surface area (Å²) in [6.07, 6.45) is 0. The van der Waals surface area contributed by atoms with Crippen molar-refractivity contribution in [2.24, 2.45) is 0 Å². The third-order valence-corrected chi connectivity index (χ3v) is 4.05. The van der Waals surface area contributed by atoms with Crippen LogP contribution in [0.3, 0.4) is 0 Å². The molecule has 50 valence electrons. The number of hydrogen-bond acceptors (Lipinski definition) is 2. The summed E-state index contributed by atoms with van der Waals surface area (Å²) in [7, 11) is -2.22. The molecule has 0 saturated heterocycles. The van der Waals surface area contributed by atoms with Gasteiger partial charge in [0.05, 0.1) is 5.75 Å². The summed E-state index contributed by atoms with van der Waals surface area (Å²) in [5.74, 6) is 0.209. The molecule has 0 aliphatic rings. The Bertz CT molecular complexity index is 114. The van der Waals surface area contributed by atoms with E-state index in [9.17, 15) is 8.42 Å². The van der Waals surface area contributed by atoms with Crippen LogP contribution in [0.1, 0.15) is 0 Å². The first-order valence-electron chi connectivity index (χ1n) is 1.98. The van der Waals surface area contributed by atoms with Gasteiger partial charge in [0.25, 0.3) is 0 Å². The first-order chi connectivity index (χ1) is 3.66. The smallest absolute Gasteiger partial charge is 0.141 e. The van der Waals surface area contributed by atoms with E-state index in [1.807, 2.05) is 0 Å². The van der Waals surface area contributed by atoms with Gasteiger partial charge in [-0.2, -0.15) is 0 Å². The van der Waals surface area contributed by atoms with Gasteiger partial charge in [-0.3, -0.25) is 0 Å². The molecule has 0 N–H and O–H groups in total. The molecule has 0 aromatic heterocycles. The van der Waals surface area contributed by atoms with Crippen LogP contribution in [-0.4, -0.2) is 24.3 Å². The molecule has 0 bridgehead atoms. The van der Waals surface area contributed by atoms with E-state index < -0.39 is 10.7 Å². The number of halogens is 2. The van der Waals surface area contributed by atoms with Gasteiger partial charge in [-0.15, -0.1) is 0 Å². The first-order valence-corrected chi connectivity index (χ1v) is 5.38. The van der Waals surface area contributed by atoms with Crippen LogP contribution >= 0.6 is 31.9 Å². The van der Waals surface area contributed by atoms with Gasteiger partial charge >= 0.3 is 0 Å². The molecule has 0 aliphatic carbocycles. The lowest BCUT2D eigenvalue weighted by Crippen LogP contribution is -2.06.